The van der Waals surface area contributed by atoms with Gasteiger partial charge in [-0.05, 0) is 43.4 Å². The molecule has 1 aliphatic carbocycles. The lowest BCUT2D eigenvalue weighted by molar-refractivity contribution is -0.125. The van der Waals surface area contributed by atoms with Crippen molar-refractivity contribution in [3.63, 3.8) is 0 Å². The Hall–Kier alpha value is -1.88. The molecule has 5 nitrogen and oxygen atoms in total. The maximum absolute atomic E-state index is 12.2. The maximum atomic E-state index is 12.2. The quantitative estimate of drug-likeness (QED) is 0.787. The number of carbonyl (C=O) groups is 2. The number of nitrogens with one attached hydrogen (secondary N) is 2. The summed E-state index contributed by atoms with van der Waals surface area (Å²) in [5.41, 5.74) is 8.77. The van der Waals surface area contributed by atoms with Crippen LogP contribution in [0.25, 0.3) is 0 Å². The normalized spacial score (nSPS) is 25.3. The molecule has 0 aromatic heterocycles. The molecule has 1 fully saturated rings. The Kier molecular flexibility index (Phi) is 3.68. The highest BCUT2D eigenvalue weighted by Gasteiger charge is 2.28. The number of rotatable bonds is 3. The molecule has 1 aromatic rings. The van der Waals surface area contributed by atoms with E-state index in [4.69, 9.17) is 5.73 Å². The van der Waals surface area contributed by atoms with Gasteiger partial charge in [0, 0.05) is 17.6 Å². The van der Waals surface area contributed by atoms with E-state index in [9.17, 15) is 9.59 Å². The number of hydrogen-bond acceptors (Lipinski definition) is 3. The van der Waals surface area contributed by atoms with Crippen molar-refractivity contribution in [3.8, 4) is 0 Å². The Morgan fingerprint density at radius 1 is 1.43 bits per heavy atom. The monoisotopic (exact) mass is 287 g/mol. The van der Waals surface area contributed by atoms with Crippen LogP contribution in [0.3, 0.4) is 0 Å². The minimum Gasteiger partial charge on any atom is -0.349 e. The predicted molar refractivity (Wildman–Crippen MR) is 80.6 cm³/mol. The summed E-state index contributed by atoms with van der Waals surface area (Å²) in [6.07, 6.45) is 3.00. The molecule has 3 rings (SSSR count). The first kappa shape index (κ1) is 14.1. The van der Waals surface area contributed by atoms with Gasteiger partial charge in [0.05, 0.1) is 12.5 Å². The molecule has 1 aromatic carbocycles. The van der Waals surface area contributed by atoms with Gasteiger partial charge in [-0.15, -0.1) is 0 Å². The van der Waals surface area contributed by atoms with Crippen molar-refractivity contribution < 1.29 is 9.59 Å². The van der Waals surface area contributed by atoms with E-state index in [1.807, 2.05) is 25.1 Å². The van der Waals surface area contributed by atoms with E-state index in [1.54, 1.807) is 0 Å². The van der Waals surface area contributed by atoms with Crippen LogP contribution >= 0.6 is 0 Å². The molecule has 1 aliphatic heterocycles. The molecule has 2 amide bonds. The summed E-state index contributed by atoms with van der Waals surface area (Å²) in [5.74, 6) is 0.157. The number of fused-ring (bicyclic) bond motifs is 1. The van der Waals surface area contributed by atoms with Gasteiger partial charge in [-0.2, -0.15) is 0 Å². The summed E-state index contributed by atoms with van der Waals surface area (Å²) in [6.45, 7) is 1.97. The second-order valence-electron chi connectivity index (χ2n) is 6.14. The minimum absolute atomic E-state index is 0.0266. The van der Waals surface area contributed by atoms with E-state index in [2.05, 4.69) is 10.6 Å². The molecule has 0 bridgehead atoms. The first-order valence-corrected chi connectivity index (χ1v) is 7.51. The van der Waals surface area contributed by atoms with Crippen molar-refractivity contribution in [1.29, 1.82) is 0 Å². The Balaban J connectivity index is 1.66. The third-order valence-corrected chi connectivity index (χ3v) is 4.46. The molecule has 4 N–H and O–H groups in total. The number of amides is 2. The Morgan fingerprint density at radius 2 is 2.24 bits per heavy atom. The standard InChI is InChI=1S/C16H21N3O2/c1-9(18-16(21)11-2-4-13(17)7-11)10-3-5-14-12(6-10)8-15(20)19-14/h3,5-6,9,11,13H,2,4,7-8,17H2,1H3,(H,18,21)(H,19,20). The topological polar surface area (TPSA) is 84.2 Å². The van der Waals surface area contributed by atoms with Gasteiger partial charge in [0.1, 0.15) is 0 Å². The van der Waals surface area contributed by atoms with Gasteiger partial charge >= 0.3 is 0 Å². The van der Waals surface area contributed by atoms with Crippen LogP contribution in [0.15, 0.2) is 18.2 Å². The van der Waals surface area contributed by atoms with Crippen LogP contribution in [0.4, 0.5) is 5.69 Å². The zero-order valence-corrected chi connectivity index (χ0v) is 12.2. The Bertz CT molecular complexity index is 585. The second-order valence-corrected chi connectivity index (χ2v) is 6.14. The maximum Gasteiger partial charge on any atom is 0.228 e. The van der Waals surface area contributed by atoms with E-state index in [-0.39, 0.29) is 29.8 Å². The highest BCUT2D eigenvalue weighted by atomic mass is 16.2. The second kappa shape index (κ2) is 5.48. The summed E-state index contributed by atoms with van der Waals surface area (Å²) < 4.78 is 0. The van der Waals surface area contributed by atoms with Crippen LogP contribution in [-0.2, 0) is 16.0 Å². The number of carbonyl (C=O) groups excluding carboxylic acids is 2. The SMILES string of the molecule is CC(NC(=O)C1CCC(N)C1)c1ccc2c(c1)CC(=O)N2. The third kappa shape index (κ3) is 2.93. The summed E-state index contributed by atoms with van der Waals surface area (Å²) >= 11 is 0. The van der Waals surface area contributed by atoms with E-state index in [0.717, 1.165) is 36.1 Å². The van der Waals surface area contributed by atoms with Crippen LogP contribution in [0.1, 0.15) is 43.4 Å². The molecule has 0 spiro atoms. The van der Waals surface area contributed by atoms with Gasteiger partial charge in [0.15, 0.2) is 0 Å². The van der Waals surface area contributed by atoms with Gasteiger partial charge in [-0.1, -0.05) is 12.1 Å². The Labute approximate surface area is 124 Å². The van der Waals surface area contributed by atoms with Crippen molar-refractivity contribution in [1.82, 2.24) is 5.32 Å². The fourth-order valence-electron chi connectivity index (χ4n) is 3.19. The fourth-order valence-corrected chi connectivity index (χ4v) is 3.19. The molecule has 21 heavy (non-hydrogen) atoms. The summed E-state index contributed by atoms with van der Waals surface area (Å²) in [5, 5.41) is 5.87. The van der Waals surface area contributed by atoms with Crippen molar-refractivity contribution in [3.05, 3.63) is 29.3 Å². The van der Waals surface area contributed by atoms with Gasteiger partial charge in [-0.3, -0.25) is 9.59 Å². The summed E-state index contributed by atoms with van der Waals surface area (Å²) in [4.78, 5) is 23.6. The fraction of sp³-hybridized carbons (Fsp3) is 0.500. The molecule has 0 radical (unpaired) electrons. The highest BCUT2D eigenvalue weighted by molar-refractivity contribution is 5.99. The third-order valence-electron chi connectivity index (χ3n) is 4.46. The lowest BCUT2D eigenvalue weighted by Crippen LogP contribution is -2.32. The van der Waals surface area contributed by atoms with Crippen LogP contribution in [0, 0.1) is 5.92 Å². The van der Waals surface area contributed by atoms with E-state index < -0.39 is 0 Å². The molecule has 5 heteroatoms. The molecular formula is C16H21N3O2. The predicted octanol–water partition coefficient (Wildman–Crippen LogP) is 1.49. The molecule has 3 atom stereocenters. The van der Waals surface area contributed by atoms with Crippen LogP contribution < -0.4 is 16.4 Å². The molecule has 3 unspecified atom stereocenters. The average Bonchev–Trinajstić information content (AvgIpc) is 3.02. The summed E-state index contributed by atoms with van der Waals surface area (Å²) in [6, 6.07) is 5.96. The zero-order valence-electron chi connectivity index (χ0n) is 12.2. The zero-order chi connectivity index (χ0) is 15.0. The first-order valence-electron chi connectivity index (χ1n) is 7.51. The van der Waals surface area contributed by atoms with Crippen molar-refractivity contribution in [2.24, 2.45) is 11.7 Å². The van der Waals surface area contributed by atoms with Gasteiger partial charge in [0.2, 0.25) is 11.8 Å². The lowest BCUT2D eigenvalue weighted by atomic mass is 10.0. The number of benzene rings is 1. The number of hydrogen-bond donors (Lipinski definition) is 3. The van der Waals surface area contributed by atoms with E-state index >= 15 is 0 Å². The minimum atomic E-state index is -0.0599. The van der Waals surface area contributed by atoms with Gasteiger partial charge in [0.25, 0.3) is 0 Å². The van der Waals surface area contributed by atoms with E-state index in [0.29, 0.717) is 6.42 Å². The van der Waals surface area contributed by atoms with Crippen LogP contribution in [0.2, 0.25) is 0 Å². The number of nitrogens with two attached hydrogens (primary N) is 1. The van der Waals surface area contributed by atoms with Crippen molar-refractivity contribution in [2.75, 3.05) is 5.32 Å². The lowest BCUT2D eigenvalue weighted by Gasteiger charge is -2.18. The number of anilines is 1. The average molecular weight is 287 g/mol. The molecule has 1 heterocycles. The highest BCUT2D eigenvalue weighted by Crippen LogP contribution is 2.28. The van der Waals surface area contributed by atoms with Crippen molar-refractivity contribution >= 4 is 17.5 Å². The molecule has 0 saturated heterocycles. The Morgan fingerprint density at radius 3 is 2.95 bits per heavy atom. The largest absolute Gasteiger partial charge is 0.349 e. The molecule has 112 valence electrons. The van der Waals surface area contributed by atoms with E-state index in [1.165, 1.54) is 0 Å². The molecule has 2 aliphatic rings. The summed E-state index contributed by atoms with van der Waals surface area (Å²) in [7, 11) is 0. The van der Waals surface area contributed by atoms with Crippen LogP contribution in [0.5, 0.6) is 0 Å². The van der Waals surface area contributed by atoms with Crippen molar-refractivity contribution in [2.45, 2.75) is 44.7 Å². The van der Waals surface area contributed by atoms with Crippen LogP contribution in [-0.4, -0.2) is 17.9 Å². The van der Waals surface area contributed by atoms with Gasteiger partial charge in [-0.25, -0.2) is 0 Å². The smallest absolute Gasteiger partial charge is 0.228 e. The molecular weight excluding hydrogens is 266 g/mol. The van der Waals surface area contributed by atoms with Gasteiger partial charge < -0.3 is 16.4 Å². The first-order chi connectivity index (χ1) is 10.0. The molecule has 1 saturated carbocycles.